The van der Waals surface area contributed by atoms with Crippen LogP contribution in [-0.2, 0) is 6.54 Å². The summed E-state index contributed by atoms with van der Waals surface area (Å²) in [6.07, 6.45) is 2.48. The van der Waals surface area contributed by atoms with Gasteiger partial charge in [0.1, 0.15) is 5.69 Å². The fourth-order valence-electron chi connectivity index (χ4n) is 2.92. The van der Waals surface area contributed by atoms with Gasteiger partial charge < -0.3 is 5.32 Å². The van der Waals surface area contributed by atoms with Crippen LogP contribution in [0.3, 0.4) is 0 Å². The number of likely N-dealkylation sites (tertiary alicyclic amines) is 1. The molecule has 5 nitrogen and oxygen atoms in total. The van der Waals surface area contributed by atoms with Crippen LogP contribution in [0.5, 0.6) is 0 Å². The van der Waals surface area contributed by atoms with Crippen molar-refractivity contribution >= 4 is 11.4 Å². The second kappa shape index (κ2) is 6.22. The Hall–Kier alpha value is -1.62. The predicted octanol–water partition coefficient (Wildman–Crippen LogP) is 3.26. The van der Waals surface area contributed by atoms with Crippen molar-refractivity contribution in [2.75, 3.05) is 18.9 Å². The van der Waals surface area contributed by atoms with Gasteiger partial charge >= 0.3 is 0 Å². The van der Waals surface area contributed by atoms with Crippen LogP contribution in [0.15, 0.2) is 18.2 Å². The Kier molecular flexibility index (Phi) is 4.60. The fraction of sp³-hybridized carbons (Fsp3) is 0.600. The molecule has 0 amide bonds. The Morgan fingerprint density at radius 3 is 2.85 bits per heavy atom. The first kappa shape index (κ1) is 14.8. The van der Waals surface area contributed by atoms with E-state index in [4.69, 9.17) is 0 Å². The van der Waals surface area contributed by atoms with Gasteiger partial charge in [-0.3, -0.25) is 15.0 Å². The number of anilines is 1. The number of benzene rings is 1. The maximum absolute atomic E-state index is 11.1. The number of hydrogen-bond donors (Lipinski definition) is 1. The second-order valence-corrected chi connectivity index (χ2v) is 5.69. The summed E-state index contributed by atoms with van der Waals surface area (Å²) in [6, 6.07) is 6.00. The average molecular weight is 277 g/mol. The maximum atomic E-state index is 11.1. The van der Waals surface area contributed by atoms with Gasteiger partial charge in [-0.1, -0.05) is 13.0 Å². The highest BCUT2D eigenvalue weighted by Gasteiger charge is 2.25. The van der Waals surface area contributed by atoms with E-state index in [2.05, 4.69) is 24.1 Å². The molecule has 0 radical (unpaired) electrons. The van der Waals surface area contributed by atoms with Crippen LogP contribution < -0.4 is 5.32 Å². The van der Waals surface area contributed by atoms with Gasteiger partial charge in [0.05, 0.1) is 4.92 Å². The van der Waals surface area contributed by atoms with E-state index in [1.54, 1.807) is 19.2 Å². The SMILES string of the molecule is CNc1ccc(CN2CCCC(C)C2C)cc1[N+](=O)[O-]. The molecule has 0 aromatic heterocycles. The van der Waals surface area contributed by atoms with E-state index in [9.17, 15) is 10.1 Å². The van der Waals surface area contributed by atoms with Crippen LogP contribution in [-0.4, -0.2) is 29.5 Å². The Morgan fingerprint density at radius 2 is 2.20 bits per heavy atom. The molecule has 0 aliphatic carbocycles. The molecule has 1 aliphatic heterocycles. The summed E-state index contributed by atoms with van der Waals surface area (Å²) in [6.45, 7) is 6.40. The first-order valence-corrected chi connectivity index (χ1v) is 7.22. The molecule has 2 rings (SSSR count). The van der Waals surface area contributed by atoms with Gasteiger partial charge in [0, 0.05) is 25.7 Å². The Labute approximate surface area is 120 Å². The van der Waals surface area contributed by atoms with E-state index in [1.807, 2.05) is 6.07 Å². The monoisotopic (exact) mass is 277 g/mol. The minimum Gasteiger partial charge on any atom is -0.383 e. The summed E-state index contributed by atoms with van der Waals surface area (Å²) < 4.78 is 0. The van der Waals surface area contributed by atoms with E-state index in [-0.39, 0.29) is 10.6 Å². The molecule has 1 aromatic rings. The molecule has 5 heteroatoms. The highest BCUT2D eigenvalue weighted by Crippen LogP contribution is 2.28. The van der Waals surface area contributed by atoms with Gasteiger partial charge in [-0.25, -0.2) is 0 Å². The highest BCUT2D eigenvalue weighted by atomic mass is 16.6. The van der Waals surface area contributed by atoms with Crippen molar-refractivity contribution < 1.29 is 4.92 Å². The van der Waals surface area contributed by atoms with Crippen molar-refractivity contribution in [2.45, 2.75) is 39.3 Å². The zero-order valence-electron chi connectivity index (χ0n) is 12.4. The maximum Gasteiger partial charge on any atom is 0.292 e. The number of nitro benzene ring substituents is 1. The van der Waals surface area contributed by atoms with Gasteiger partial charge in [-0.15, -0.1) is 0 Å². The number of nitrogens with one attached hydrogen (secondary N) is 1. The van der Waals surface area contributed by atoms with Crippen molar-refractivity contribution in [3.8, 4) is 0 Å². The molecule has 1 aromatic carbocycles. The van der Waals surface area contributed by atoms with Crippen molar-refractivity contribution in [1.29, 1.82) is 0 Å². The van der Waals surface area contributed by atoms with Gasteiger partial charge in [-0.05, 0) is 43.9 Å². The molecule has 0 bridgehead atoms. The van der Waals surface area contributed by atoms with Gasteiger partial charge in [0.2, 0.25) is 0 Å². The lowest BCUT2D eigenvalue weighted by molar-refractivity contribution is -0.384. The quantitative estimate of drug-likeness (QED) is 0.678. The third kappa shape index (κ3) is 3.10. The molecule has 1 aliphatic rings. The molecule has 1 heterocycles. The molecule has 1 saturated heterocycles. The van der Waals surface area contributed by atoms with Crippen LogP contribution in [0.1, 0.15) is 32.3 Å². The van der Waals surface area contributed by atoms with E-state index in [0.717, 1.165) is 18.7 Å². The van der Waals surface area contributed by atoms with Crippen molar-refractivity contribution in [3.05, 3.63) is 33.9 Å². The topological polar surface area (TPSA) is 58.4 Å². The lowest BCUT2D eigenvalue weighted by Gasteiger charge is -2.37. The molecule has 1 N–H and O–H groups in total. The molecular weight excluding hydrogens is 254 g/mol. The highest BCUT2D eigenvalue weighted by molar-refractivity contribution is 5.62. The lowest BCUT2D eigenvalue weighted by Crippen LogP contribution is -2.41. The summed E-state index contributed by atoms with van der Waals surface area (Å²) in [5, 5.41) is 14.0. The number of piperidine rings is 1. The van der Waals surface area contributed by atoms with E-state index in [1.165, 1.54) is 12.8 Å². The van der Waals surface area contributed by atoms with Gasteiger partial charge in [0.25, 0.3) is 5.69 Å². The third-order valence-corrected chi connectivity index (χ3v) is 4.42. The normalized spacial score (nSPS) is 23.6. The van der Waals surface area contributed by atoms with Crippen molar-refractivity contribution in [1.82, 2.24) is 4.90 Å². The molecule has 20 heavy (non-hydrogen) atoms. The van der Waals surface area contributed by atoms with Gasteiger partial charge in [0.15, 0.2) is 0 Å². The average Bonchev–Trinajstić information content (AvgIpc) is 2.43. The zero-order valence-corrected chi connectivity index (χ0v) is 12.4. The summed E-state index contributed by atoms with van der Waals surface area (Å²) >= 11 is 0. The Morgan fingerprint density at radius 1 is 1.45 bits per heavy atom. The molecule has 1 fully saturated rings. The second-order valence-electron chi connectivity index (χ2n) is 5.69. The third-order valence-electron chi connectivity index (χ3n) is 4.42. The minimum atomic E-state index is -0.322. The number of hydrogen-bond acceptors (Lipinski definition) is 4. The van der Waals surface area contributed by atoms with Crippen molar-refractivity contribution in [3.63, 3.8) is 0 Å². The van der Waals surface area contributed by atoms with Crippen molar-refractivity contribution in [2.24, 2.45) is 5.92 Å². The molecule has 0 saturated carbocycles. The smallest absolute Gasteiger partial charge is 0.292 e. The number of nitro groups is 1. The van der Waals surface area contributed by atoms with E-state index >= 15 is 0 Å². The lowest BCUT2D eigenvalue weighted by atomic mass is 9.91. The van der Waals surface area contributed by atoms with Crippen LogP contribution in [0.4, 0.5) is 11.4 Å². The minimum absolute atomic E-state index is 0.155. The number of rotatable bonds is 4. The van der Waals surface area contributed by atoms with Crippen LogP contribution in [0.2, 0.25) is 0 Å². The summed E-state index contributed by atoms with van der Waals surface area (Å²) in [7, 11) is 1.70. The van der Waals surface area contributed by atoms with E-state index in [0.29, 0.717) is 17.6 Å². The zero-order chi connectivity index (χ0) is 14.7. The number of nitrogens with zero attached hydrogens (tertiary/aromatic N) is 2. The Balaban J connectivity index is 2.17. The summed E-state index contributed by atoms with van der Waals surface area (Å²) in [4.78, 5) is 13.2. The molecule has 0 spiro atoms. The van der Waals surface area contributed by atoms with Crippen LogP contribution in [0, 0.1) is 16.0 Å². The first-order chi connectivity index (χ1) is 9.52. The molecular formula is C15H23N3O2. The van der Waals surface area contributed by atoms with Crippen LogP contribution in [0.25, 0.3) is 0 Å². The van der Waals surface area contributed by atoms with Gasteiger partial charge in [-0.2, -0.15) is 0 Å². The first-order valence-electron chi connectivity index (χ1n) is 7.22. The molecule has 110 valence electrons. The predicted molar refractivity (Wildman–Crippen MR) is 80.9 cm³/mol. The van der Waals surface area contributed by atoms with E-state index < -0.39 is 0 Å². The van der Waals surface area contributed by atoms with Crippen LogP contribution >= 0.6 is 0 Å². The Bertz CT molecular complexity index is 490. The fourth-order valence-corrected chi connectivity index (χ4v) is 2.92. The standard InChI is InChI=1S/C15H23N3O2/c1-11-5-4-8-17(12(11)2)10-13-6-7-14(16-3)15(9-13)18(19)20/h6-7,9,11-12,16H,4-5,8,10H2,1-3H3. The summed E-state index contributed by atoms with van der Waals surface area (Å²) in [5.41, 5.74) is 1.73. The largest absolute Gasteiger partial charge is 0.383 e. The molecule has 2 atom stereocenters. The molecule has 2 unspecified atom stereocenters. The summed E-state index contributed by atoms with van der Waals surface area (Å²) in [5.74, 6) is 0.690.